The van der Waals surface area contributed by atoms with Crippen LogP contribution < -0.4 is 5.32 Å². The van der Waals surface area contributed by atoms with Gasteiger partial charge < -0.3 is 10.2 Å². The highest BCUT2D eigenvalue weighted by atomic mass is 32.1. The van der Waals surface area contributed by atoms with Gasteiger partial charge in [-0.15, -0.1) is 11.3 Å². The maximum atomic E-state index is 4.74. The highest BCUT2D eigenvalue weighted by Gasteiger charge is 2.11. The normalized spacial score (nSPS) is 12.8. The minimum Gasteiger partial charge on any atom is -0.315 e. The molecule has 1 N–H and O–H groups in total. The van der Waals surface area contributed by atoms with E-state index in [-0.39, 0.29) is 0 Å². The predicted octanol–water partition coefficient (Wildman–Crippen LogP) is 2.50. The van der Waals surface area contributed by atoms with Crippen molar-refractivity contribution in [3.8, 4) is 11.3 Å². The molecular formula is C15H21N3S. The van der Waals surface area contributed by atoms with Gasteiger partial charge in [-0.3, -0.25) is 0 Å². The molecular weight excluding hydrogens is 254 g/mol. The molecule has 19 heavy (non-hydrogen) atoms. The molecule has 0 saturated heterocycles. The molecule has 0 saturated carbocycles. The molecule has 102 valence electrons. The van der Waals surface area contributed by atoms with E-state index in [0.29, 0.717) is 6.04 Å². The summed E-state index contributed by atoms with van der Waals surface area (Å²) >= 11 is 1.75. The molecule has 0 radical (unpaired) electrons. The highest BCUT2D eigenvalue weighted by molar-refractivity contribution is 7.09. The number of hydrogen-bond acceptors (Lipinski definition) is 4. The molecule has 0 aliphatic rings. The number of hydrogen-bond donors (Lipinski definition) is 1. The number of nitrogens with zero attached hydrogens (tertiary/aromatic N) is 2. The summed E-state index contributed by atoms with van der Waals surface area (Å²) in [6.07, 6.45) is 0.978. The third-order valence-corrected chi connectivity index (χ3v) is 3.91. The van der Waals surface area contributed by atoms with Crippen LogP contribution in [-0.4, -0.2) is 43.6 Å². The Bertz CT molecular complexity index is 493. The van der Waals surface area contributed by atoms with E-state index in [4.69, 9.17) is 4.98 Å². The van der Waals surface area contributed by atoms with Crippen LogP contribution in [0.1, 0.15) is 5.01 Å². The molecule has 1 aromatic heterocycles. The first-order valence-electron chi connectivity index (χ1n) is 6.51. The van der Waals surface area contributed by atoms with Crippen LogP contribution in [0.25, 0.3) is 11.3 Å². The zero-order valence-electron chi connectivity index (χ0n) is 11.8. The van der Waals surface area contributed by atoms with Gasteiger partial charge >= 0.3 is 0 Å². The largest absolute Gasteiger partial charge is 0.315 e. The second kappa shape index (κ2) is 6.80. The summed E-state index contributed by atoms with van der Waals surface area (Å²) < 4.78 is 0. The van der Waals surface area contributed by atoms with E-state index < -0.39 is 0 Å². The molecule has 0 amide bonds. The molecule has 2 rings (SSSR count). The number of nitrogens with one attached hydrogen (secondary N) is 1. The first-order chi connectivity index (χ1) is 9.19. The lowest BCUT2D eigenvalue weighted by molar-refractivity contribution is 0.346. The average molecular weight is 275 g/mol. The monoisotopic (exact) mass is 275 g/mol. The maximum Gasteiger partial charge on any atom is 0.0948 e. The Balaban J connectivity index is 2.05. The quantitative estimate of drug-likeness (QED) is 0.878. The zero-order chi connectivity index (χ0) is 13.7. The molecule has 0 aliphatic heterocycles. The van der Waals surface area contributed by atoms with E-state index in [2.05, 4.69) is 54.0 Å². The van der Waals surface area contributed by atoms with E-state index in [9.17, 15) is 0 Å². The molecule has 0 fully saturated rings. The smallest absolute Gasteiger partial charge is 0.0948 e. The first-order valence-corrected chi connectivity index (χ1v) is 7.39. The van der Waals surface area contributed by atoms with Gasteiger partial charge in [0.1, 0.15) is 0 Å². The third-order valence-electron chi connectivity index (χ3n) is 3.04. The first kappa shape index (κ1) is 14.2. The predicted molar refractivity (Wildman–Crippen MR) is 82.7 cm³/mol. The van der Waals surface area contributed by atoms with Crippen LogP contribution in [0.3, 0.4) is 0 Å². The van der Waals surface area contributed by atoms with Crippen molar-refractivity contribution in [2.24, 2.45) is 0 Å². The Morgan fingerprint density at radius 2 is 2.00 bits per heavy atom. The Morgan fingerprint density at radius 3 is 2.63 bits per heavy atom. The van der Waals surface area contributed by atoms with E-state index in [1.54, 1.807) is 11.3 Å². The van der Waals surface area contributed by atoms with Crippen molar-refractivity contribution in [3.05, 3.63) is 40.7 Å². The lowest BCUT2D eigenvalue weighted by atomic mass is 10.2. The van der Waals surface area contributed by atoms with Gasteiger partial charge in [0.2, 0.25) is 0 Å². The zero-order valence-corrected chi connectivity index (χ0v) is 12.6. The number of likely N-dealkylation sites (N-methyl/N-ethyl adjacent to an activating group) is 2. The Labute approximate surface area is 119 Å². The van der Waals surface area contributed by atoms with Gasteiger partial charge in [-0.25, -0.2) is 4.98 Å². The fourth-order valence-corrected chi connectivity index (χ4v) is 2.94. The highest BCUT2D eigenvalue weighted by Crippen LogP contribution is 2.22. The van der Waals surface area contributed by atoms with Crippen LogP contribution in [0.4, 0.5) is 0 Å². The SMILES string of the molecule is CNC(Cc1nc(-c2ccccc2)cs1)CN(C)C. The molecule has 0 spiro atoms. The van der Waals surface area contributed by atoms with Crippen molar-refractivity contribution in [3.63, 3.8) is 0 Å². The Hall–Kier alpha value is -1.23. The molecule has 1 atom stereocenters. The van der Waals surface area contributed by atoms with Gasteiger partial charge in [-0.2, -0.15) is 0 Å². The van der Waals surface area contributed by atoms with E-state index in [1.807, 2.05) is 13.1 Å². The molecule has 0 aliphatic carbocycles. The van der Waals surface area contributed by atoms with Crippen LogP contribution >= 0.6 is 11.3 Å². The molecule has 1 aromatic carbocycles. The van der Waals surface area contributed by atoms with Crippen molar-refractivity contribution in [1.82, 2.24) is 15.2 Å². The number of rotatable bonds is 6. The maximum absolute atomic E-state index is 4.74. The van der Waals surface area contributed by atoms with Crippen LogP contribution in [0, 0.1) is 0 Å². The van der Waals surface area contributed by atoms with E-state index >= 15 is 0 Å². The van der Waals surface area contributed by atoms with Gasteiger partial charge in [0.25, 0.3) is 0 Å². The van der Waals surface area contributed by atoms with E-state index in [1.165, 1.54) is 10.6 Å². The Kier molecular flexibility index (Phi) is 5.07. The molecule has 3 nitrogen and oxygen atoms in total. The number of aromatic nitrogens is 1. The summed E-state index contributed by atoms with van der Waals surface area (Å²) in [4.78, 5) is 6.94. The second-order valence-corrected chi connectivity index (χ2v) is 5.89. The van der Waals surface area contributed by atoms with Crippen molar-refractivity contribution < 1.29 is 0 Å². The number of benzene rings is 1. The van der Waals surface area contributed by atoms with Crippen LogP contribution in [-0.2, 0) is 6.42 Å². The molecule has 1 heterocycles. The van der Waals surface area contributed by atoms with Crippen LogP contribution in [0.5, 0.6) is 0 Å². The van der Waals surface area contributed by atoms with Gasteiger partial charge in [0.15, 0.2) is 0 Å². The van der Waals surface area contributed by atoms with Crippen molar-refractivity contribution in [2.45, 2.75) is 12.5 Å². The van der Waals surface area contributed by atoms with Crippen molar-refractivity contribution in [2.75, 3.05) is 27.7 Å². The number of thiazole rings is 1. The van der Waals surface area contributed by atoms with Gasteiger partial charge in [0, 0.05) is 30.0 Å². The minimum atomic E-state index is 0.449. The topological polar surface area (TPSA) is 28.2 Å². The fourth-order valence-electron chi connectivity index (χ4n) is 2.06. The van der Waals surface area contributed by atoms with Crippen molar-refractivity contribution in [1.29, 1.82) is 0 Å². The summed E-state index contributed by atoms with van der Waals surface area (Å²) in [5, 5.41) is 6.70. The summed E-state index contributed by atoms with van der Waals surface area (Å²) in [5.74, 6) is 0. The fraction of sp³-hybridized carbons (Fsp3) is 0.400. The summed E-state index contributed by atoms with van der Waals surface area (Å²) in [5.41, 5.74) is 2.28. The van der Waals surface area contributed by atoms with Crippen LogP contribution in [0.15, 0.2) is 35.7 Å². The molecule has 2 aromatic rings. The van der Waals surface area contributed by atoms with Crippen LogP contribution in [0.2, 0.25) is 0 Å². The summed E-state index contributed by atoms with van der Waals surface area (Å²) in [6.45, 7) is 1.02. The lowest BCUT2D eigenvalue weighted by Crippen LogP contribution is -2.37. The summed E-state index contributed by atoms with van der Waals surface area (Å²) in [7, 11) is 6.21. The molecule has 0 bridgehead atoms. The molecule has 1 unspecified atom stereocenters. The standard InChI is InChI=1S/C15H21N3S/c1-16-13(10-18(2)3)9-15-17-14(11-19-15)12-7-5-4-6-8-12/h4-8,11,13,16H,9-10H2,1-3H3. The average Bonchev–Trinajstić information content (AvgIpc) is 2.87. The summed E-state index contributed by atoms with van der Waals surface area (Å²) in [6, 6.07) is 10.8. The molecule has 4 heteroatoms. The Morgan fingerprint density at radius 1 is 1.26 bits per heavy atom. The second-order valence-electron chi connectivity index (χ2n) is 4.94. The van der Waals surface area contributed by atoms with Gasteiger partial charge in [0.05, 0.1) is 10.7 Å². The van der Waals surface area contributed by atoms with Crippen molar-refractivity contribution >= 4 is 11.3 Å². The lowest BCUT2D eigenvalue weighted by Gasteiger charge is -2.19. The van der Waals surface area contributed by atoms with Gasteiger partial charge in [-0.05, 0) is 21.1 Å². The van der Waals surface area contributed by atoms with Gasteiger partial charge in [-0.1, -0.05) is 30.3 Å². The third kappa shape index (κ3) is 4.13. The minimum absolute atomic E-state index is 0.449. The van der Waals surface area contributed by atoms with E-state index in [0.717, 1.165) is 18.7 Å².